The Morgan fingerprint density at radius 1 is 1.00 bits per heavy atom. The molecule has 120 valence electrons. The van der Waals surface area contributed by atoms with Gasteiger partial charge in [0.15, 0.2) is 0 Å². The van der Waals surface area contributed by atoms with Crippen molar-refractivity contribution in [3.8, 4) is 0 Å². The summed E-state index contributed by atoms with van der Waals surface area (Å²) in [5, 5.41) is 18.3. The molecule has 0 aliphatic carbocycles. The summed E-state index contributed by atoms with van der Waals surface area (Å²) in [5.41, 5.74) is 0. The first-order valence-corrected chi connectivity index (χ1v) is 8.01. The topological polar surface area (TPSA) is 57.5 Å². The Morgan fingerprint density at radius 3 is 2.33 bits per heavy atom. The molecule has 0 saturated heterocycles. The molecular weight excluding hydrogens is 264 g/mol. The standard InChI is InChI=1S/C18H30O3/c1-2-3-4-5-8-11-14-17(19)15-12-9-6-7-10-13-16-18(20)21/h2-3,5,8,11,14,17,19H,4,6-7,9-10,12-13,15-16H2,1H3,(H,20,21). The molecule has 0 aromatic heterocycles. The van der Waals surface area contributed by atoms with Gasteiger partial charge in [-0.1, -0.05) is 68.6 Å². The van der Waals surface area contributed by atoms with Crippen molar-refractivity contribution < 1.29 is 15.0 Å². The highest BCUT2D eigenvalue weighted by molar-refractivity contribution is 5.66. The van der Waals surface area contributed by atoms with Crippen molar-refractivity contribution in [2.45, 2.75) is 70.8 Å². The second-order valence-electron chi connectivity index (χ2n) is 5.24. The first-order valence-electron chi connectivity index (χ1n) is 8.01. The molecule has 0 spiro atoms. The number of allylic oxidation sites excluding steroid dienone is 5. The lowest BCUT2D eigenvalue weighted by atomic mass is 10.1. The number of aliphatic hydroxyl groups is 1. The van der Waals surface area contributed by atoms with Crippen LogP contribution in [0.5, 0.6) is 0 Å². The van der Waals surface area contributed by atoms with Crippen LogP contribution in [0.15, 0.2) is 36.5 Å². The number of hydrogen-bond donors (Lipinski definition) is 2. The molecule has 1 atom stereocenters. The van der Waals surface area contributed by atoms with Crippen molar-refractivity contribution in [3.63, 3.8) is 0 Å². The van der Waals surface area contributed by atoms with Gasteiger partial charge < -0.3 is 10.2 Å². The van der Waals surface area contributed by atoms with Crippen LogP contribution in [0.4, 0.5) is 0 Å². The van der Waals surface area contributed by atoms with Crippen LogP contribution < -0.4 is 0 Å². The molecule has 0 rings (SSSR count). The predicted molar refractivity (Wildman–Crippen MR) is 88.3 cm³/mol. The maximum absolute atomic E-state index is 10.3. The van der Waals surface area contributed by atoms with Gasteiger partial charge >= 0.3 is 5.97 Å². The lowest BCUT2D eigenvalue weighted by molar-refractivity contribution is -0.137. The zero-order valence-electron chi connectivity index (χ0n) is 13.2. The molecule has 0 aromatic rings. The molecule has 3 nitrogen and oxygen atoms in total. The highest BCUT2D eigenvalue weighted by Gasteiger charge is 1.99. The van der Waals surface area contributed by atoms with Crippen molar-refractivity contribution in [2.75, 3.05) is 0 Å². The van der Waals surface area contributed by atoms with E-state index in [-0.39, 0.29) is 12.5 Å². The van der Waals surface area contributed by atoms with E-state index >= 15 is 0 Å². The van der Waals surface area contributed by atoms with E-state index in [9.17, 15) is 9.90 Å². The van der Waals surface area contributed by atoms with Crippen LogP contribution in [0.25, 0.3) is 0 Å². The van der Waals surface area contributed by atoms with Crippen molar-refractivity contribution in [1.29, 1.82) is 0 Å². The Balaban J connectivity index is 3.40. The summed E-state index contributed by atoms with van der Waals surface area (Å²) in [4.78, 5) is 10.3. The summed E-state index contributed by atoms with van der Waals surface area (Å²) < 4.78 is 0. The largest absolute Gasteiger partial charge is 0.481 e. The van der Waals surface area contributed by atoms with Gasteiger partial charge in [-0.2, -0.15) is 0 Å². The molecule has 0 radical (unpaired) electrons. The summed E-state index contributed by atoms with van der Waals surface area (Å²) in [6, 6.07) is 0. The van der Waals surface area contributed by atoms with E-state index in [0.29, 0.717) is 0 Å². The zero-order chi connectivity index (χ0) is 15.8. The maximum atomic E-state index is 10.3. The molecule has 0 aliphatic heterocycles. The van der Waals surface area contributed by atoms with Gasteiger partial charge in [-0.3, -0.25) is 4.79 Å². The quantitative estimate of drug-likeness (QED) is 0.296. The zero-order valence-corrected chi connectivity index (χ0v) is 13.2. The third kappa shape index (κ3) is 16.6. The Hall–Kier alpha value is -1.35. The van der Waals surface area contributed by atoms with E-state index in [1.807, 2.05) is 31.2 Å². The van der Waals surface area contributed by atoms with Crippen LogP contribution in [0.1, 0.15) is 64.7 Å². The molecule has 0 heterocycles. The van der Waals surface area contributed by atoms with E-state index in [2.05, 4.69) is 12.2 Å². The lowest BCUT2D eigenvalue weighted by Gasteiger charge is -2.05. The van der Waals surface area contributed by atoms with Gasteiger partial charge in [-0.25, -0.2) is 0 Å². The number of carboxylic acids is 1. The summed E-state index contributed by atoms with van der Waals surface area (Å²) >= 11 is 0. The fourth-order valence-corrected chi connectivity index (χ4v) is 2.00. The molecule has 21 heavy (non-hydrogen) atoms. The number of aliphatic carboxylic acids is 1. The van der Waals surface area contributed by atoms with E-state index in [4.69, 9.17) is 5.11 Å². The molecule has 0 fully saturated rings. The van der Waals surface area contributed by atoms with Gasteiger partial charge in [0.1, 0.15) is 0 Å². The number of hydrogen-bond acceptors (Lipinski definition) is 2. The Morgan fingerprint density at radius 2 is 1.67 bits per heavy atom. The first-order chi connectivity index (χ1) is 10.2. The maximum Gasteiger partial charge on any atom is 0.303 e. The van der Waals surface area contributed by atoms with Gasteiger partial charge in [-0.05, 0) is 26.2 Å². The van der Waals surface area contributed by atoms with E-state index in [1.54, 1.807) is 0 Å². The van der Waals surface area contributed by atoms with Crippen LogP contribution in [0.2, 0.25) is 0 Å². The van der Waals surface area contributed by atoms with E-state index in [0.717, 1.165) is 51.4 Å². The number of carboxylic acid groups (broad SMARTS) is 1. The van der Waals surface area contributed by atoms with Gasteiger partial charge in [0.05, 0.1) is 6.10 Å². The average Bonchev–Trinajstić information content (AvgIpc) is 2.45. The van der Waals surface area contributed by atoms with Crippen LogP contribution in [0, 0.1) is 0 Å². The van der Waals surface area contributed by atoms with Crippen LogP contribution in [-0.2, 0) is 4.79 Å². The molecule has 0 amide bonds. The van der Waals surface area contributed by atoms with Crippen LogP contribution in [0.3, 0.4) is 0 Å². The van der Waals surface area contributed by atoms with Gasteiger partial charge in [0.2, 0.25) is 0 Å². The lowest BCUT2D eigenvalue weighted by Crippen LogP contribution is -2.01. The van der Waals surface area contributed by atoms with Crippen molar-refractivity contribution in [2.24, 2.45) is 0 Å². The molecule has 0 bridgehead atoms. The third-order valence-corrected chi connectivity index (χ3v) is 3.23. The fourth-order valence-electron chi connectivity index (χ4n) is 2.00. The smallest absolute Gasteiger partial charge is 0.303 e. The molecule has 0 aliphatic rings. The molecular formula is C18H30O3. The number of aliphatic hydroxyl groups excluding tert-OH is 1. The summed E-state index contributed by atoms with van der Waals surface area (Å²) in [7, 11) is 0. The van der Waals surface area contributed by atoms with E-state index in [1.165, 1.54) is 0 Å². The predicted octanol–water partition coefficient (Wildman–Crippen LogP) is 4.63. The molecule has 2 N–H and O–H groups in total. The highest BCUT2D eigenvalue weighted by Crippen LogP contribution is 2.10. The summed E-state index contributed by atoms with van der Waals surface area (Å²) in [6.07, 6.45) is 19.6. The Labute approximate surface area is 129 Å². The minimum Gasteiger partial charge on any atom is -0.481 e. The number of rotatable bonds is 13. The molecule has 0 saturated carbocycles. The Bertz CT molecular complexity index is 329. The van der Waals surface area contributed by atoms with E-state index < -0.39 is 5.97 Å². The van der Waals surface area contributed by atoms with Crippen molar-refractivity contribution >= 4 is 5.97 Å². The fraction of sp³-hybridized carbons (Fsp3) is 0.611. The monoisotopic (exact) mass is 294 g/mol. The molecule has 1 unspecified atom stereocenters. The van der Waals surface area contributed by atoms with Crippen molar-refractivity contribution in [1.82, 2.24) is 0 Å². The highest BCUT2D eigenvalue weighted by atomic mass is 16.4. The normalized spacial score (nSPS) is 13.6. The second kappa shape index (κ2) is 15.0. The number of unbranched alkanes of at least 4 members (excludes halogenated alkanes) is 5. The van der Waals surface area contributed by atoms with Gasteiger partial charge in [-0.15, -0.1) is 0 Å². The summed E-state index contributed by atoms with van der Waals surface area (Å²) in [6.45, 7) is 2.00. The van der Waals surface area contributed by atoms with Gasteiger partial charge in [0, 0.05) is 6.42 Å². The van der Waals surface area contributed by atoms with Gasteiger partial charge in [0.25, 0.3) is 0 Å². The SMILES string of the molecule is CC=CCC=CC=CC(O)CCCCCCCCC(=O)O. The minimum atomic E-state index is -0.704. The van der Waals surface area contributed by atoms with Crippen molar-refractivity contribution in [3.05, 3.63) is 36.5 Å². The summed E-state index contributed by atoms with van der Waals surface area (Å²) in [5.74, 6) is -0.704. The average molecular weight is 294 g/mol. The van der Waals surface area contributed by atoms with Crippen LogP contribution >= 0.6 is 0 Å². The molecule has 0 aromatic carbocycles. The first kappa shape index (κ1) is 19.7. The third-order valence-electron chi connectivity index (χ3n) is 3.23. The number of carbonyl (C=O) groups is 1. The molecule has 3 heteroatoms. The minimum absolute atomic E-state index is 0.283. The Kier molecular flexibility index (Phi) is 14.1. The second-order valence-corrected chi connectivity index (χ2v) is 5.24. The van der Waals surface area contributed by atoms with Crippen LogP contribution in [-0.4, -0.2) is 22.3 Å².